The molecule has 0 spiro atoms. The van der Waals surface area contributed by atoms with Crippen molar-refractivity contribution in [2.45, 2.75) is 71.8 Å². The Hall–Kier alpha value is -0.180. The SMILES string of the molecule is CC(CCC(F)F)CC(C)C1CCOC(C)(C)C1. The largest absolute Gasteiger partial charge is 0.376 e. The van der Waals surface area contributed by atoms with Crippen LogP contribution in [0.1, 0.15) is 59.8 Å². The fourth-order valence-electron chi connectivity index (χ4n) is 3.12. The van der Waals surface area contributed by atoms with Gasteiger partial charge in [0.25, 0.3) is 0 Å². The molecule has 0 radical (unpaired) electrons. The Morgan fingerprint density at radius 2 is 1.89 bits per heavy atom. The monoisotopic (exact) mass is 262 g/mol. The first kappa shape index (κ1) is 15.9. The minimum absolute atomic E-state index is 0.0105. The van der Waals surface area contributed by atoms with Gasteiger partial charge in [-0.25, -0.2) is 8.78 Å². The van der Waals surface area contributed by atoms with Crippen LogP contribution >= 0.6 is 0 Å². The highest BCUT2D eigenvalue weighted by atomic mass is 19.3. The molecule has 0 aromatic carbocycles. The fourth-order valence-corrected chi connectivity index (χ4v) is 3.12. The fraction of sp³-hybridized carbons (Fsp3) is 1.00. The predicted octanol–water partition coefficient (Wildman–Crippen LogP) is 4.90. The van der Waals surface area contributed by atoms with Gasteiger partial charge in [-0.15, -0.1) is 0 Å². The second-order valence-corrected chi connectivity index (χ2v) is 6.65. The van der Waals surface area contributed by atoms with Crippen molar-refractivity contribution in [3.05, 3.63) is 0 Å². The van der Waals surface area contributed by atoms with E-state index in [4.69, 9.17) is 4.74 Å². The van der Waals surface area contributed by atoms with Crippen LogP contribution in [0.25, 0.3) is 0 Å². The van der Waals surface area contributed by atoms with Crippen LogP contribution in [0.4, 0.5) is 8.78 Å². The normalized spacial score (nSPS) is 27.2. The van der Waals surface area contributed by atoms with Gasteiger partial charge in [0.2, 0.25) is 6.43 Å². The molecule has 3 unspecified atom stereocenters. The van der Waals surface area contributed by atoms with Crippen LogP contribution < -0.4 is 0 Å². The van der Waals surface area contributed by atoms with E-state index in [1.165, 1.54) is 0 Å². The zero-order valence-electron chi connectivity index (χ0n) is 12.2. The van der Waals surface area contributed by atoms with Crippen LogP contribution in [0, 0.1) is 17.8 Å². The van der Waals surface area contributed by atoms with Crippen LogP contribution in [0.5, 0.6) is 0 Å². The number of ether oxygens (including phenoxy) is 1. The summed E-state index contributed by atoms with van der Waals surface area (Å²) in [6.45, 7) is 9.50. The summed E-state index contributed by atoms with van der Waals surface area (Å²) in [5.41, 5.74) is -0.0105. The minimum atomic E-state index is -2.15. The summed E-state index contributed by atoms with van der Waals surface area (Å²) in [7, 11) is 0. The molecule has 3 atom stereocenters. The molecular formula is C15H28F2O. The van der Waals surface area contributed by atoms with Crippen molar-refractivity contribution >= 4 is 0 Å². The summed E-state index contributed by atoms with van der Waals surface area (Å²) < 4.78 is 30.1. The molecule has 1 nitrogen and oxygen atoms in total. The van der Waals surface area contributed by atoms with Crippen LogP contribution in [0.15, 0.2) is 0 Å². The maximum atomic E-state index is 12.2. The molecule has 18 heavy (non-hydrogen) atoms. The standard InChI is InChI=1S/C15H28F2O/c1-11(5-6-14(16)17)9-12(2)13-7-8-18-15(3,4)10-13/h11-14H,5-10H2,1-4H3. The summed E-state index contributed by atoms with van der Waals surface area (Å²) in [4.78, 5) is 0. The van der Waals surface area contributed by atoms with Gasteiger partial charge in [0.05, 0.1) is 5.60 Å². The molecule has 1 fully saturated rings. The Morgan fingerprint density at radius 1 is 1.22 bits per heavy atom. The summed E-state index contributed by atoms with van der Waals surface area (Å²) in [6.07, 6.45) is 1.82. The van der Waals surface area contributed by atoms with E-state index in [1.807, 2.05) is 0 Å². The zero-order chi connectivity index (χ0) is 13.8. The highest BCUT2D eigenvalue weighted by molar-refractivity contribution is 4.82. The average molecular weight is 262 g/mol. The Morgan fingerprint density at radius 3 is 2.44 bits per heavy atom. The first-order chi connectivity index (χ1) is 8.30. The number of halogens is 2. The molecule has 1 heterocycles. The molecule has 0 N–H and O–H groups in total. The quantitative estimate of drug-likeness (QED) is 0.661. The molecule has 1 aliphatic rings. The molecule has 0 aromatic rings. The smallest absolute Gasteiger partial charge is 0.238 e. The summed E-state index contributed by atoms with van der Waals surface area (Å²) >= 11 is 0. The minimum Gasteiger partial charge on any atom is -0.376 e. The van der Waals surface area contributed by atoms with Crippen LogP contribution in [-0.2, 0) is 4.74 Å². The van der Waals surface area contributed by atoms with E-state index in [9.17, 15) is 8.78 Å². The van der Waals surface area contributed by atoms with E-state index in [-0.39, 0.29) is 12.0 Å². The molecule has 0 saturated carbocycles. The number of alkyl halides is 2. The molecule has 1 rings (SSSR count). The third kappa shape index (κ3) is 5.64. The lowest BCUT2D eigenvalue weighted by Gasteiger charge is -2.39. The maximum Gasteiger partial charge on any atom is 0.238 e. The van der Waals surface area contributed by atoms with Gasteiger partial charge in [0, 0.05) is 13.0 Å². The molecule has 1 saturated heterocycles. The molecule has 1 aliphatic heterocycles. The predicted molar refractivity (Wildman–Crippen MR) is 70.9 cm³/mol. The third-order valence-electron chi connectivity index (χ3n) is 4.19. The lowest BCUT2D eigenvalue weighted by atomic mass is 9.77. The Bertz CT molecular complexity index is 241. The van der Waals surface area contributed by atoms with Crippen LogP contribution in [0.2, 0.25) is 0 Å². The van der Waals surface area contributed by atoms with E-state index in [1.54, 1.807) is 0 Å². The van der Waals surface area contributed by atoms with Crippen molar-refractivity contribution in [1.82, 2.24) is 0 Å². The van der Waals surface area contributed by atoms with E-state index in [0.29, 0.717) is 24.2 Å². The Kier molecular flexibility index (Phi) is 6.03. The van der Waals surface area contributed by atoms with E-state index >= 15 is 0 Å². The van der Waals surface area contributed by atoms with Gasteiger partial charge in [-0.2, -0.15) is 0 Å². The lowest BCUT2D eigenvalue weighted by Crippen LogP contribution is -2.36. The van der Waals surface area contributed by atoms with Crippen molar-refractivity contribution in [3.63, 3.8) is 0 Å². The van der Waals surface area contributed by atoms with E-state index in [0.717, 1.165) is 25.9 Å². The highest BCUT2D eigenvalue weighted by Crippen LogP contribution is 2.36. The van der Waals surface area contributed by atoms with E-state index in [2.05, 4.69) is 27.7 Å². The third-order valence-corrected chi connectivity index (χ3v) is 4.19. The molecule has 3 heteroatoms. The molecule has 108 valence electrons. The van der Waals surface area contributed by atoms with Crippen LogP contribution in [0.3, 0.4) is 0 Å². The van der Waals surface area contributed by atoms with Crippen LogP contribution in [-0.4, -0.2) is 18.6 Å². The number of hydrogen-bond acceptors (Lipinski definition) is 1. The highest BCUT2D eigenvalue weighted by Gasteiger charge is 2.32. The van der Waals surface area contributed by atoms with Crippen molar-refractivity contribution in [3.8, 4) is 0 Å². The summed E-state index contributed by atoms with van der Waals surface area (Å²) in [6, 6.07) is 0. The molecule has 0 aromatic heterocycles. The lowest BCUT2D eigenvalue weighted by molar-refractivity contribution is -0.0826. The first-order valence-corrected chi connectivity index (χ1v) is 7.22. The van der Waals surface area contributed by atoms with E-state index < -0.39 is 6.43 Å². The number of hydrogen-bond donors (Lipinski definition) is 0. The molecule has 0 amide bonds. The molecular weight excluding hydrogens is 234 g/mol. The van der Waals surface area contributed by atoms with Gasteiger partial charge in [0.1, 0.15) is 0 Å². The Labute approximate surface area is 110 Å². The van der Waals surface area contributed by atoms with Gasteiger partial charge < -0.3 is 4.74 Å². The molecule has 0 aliphatic carbocycles. The average Bonchev–Trinajstić information content (AvgIpc) is 2.25. The first-order valence-electron chi connectivity index (χ1n) is 7.22. The van der Waals surface area contributed by atoms with Crippen molar-refractivity contribution in [1.29, 1.82) is 0 Å². The van der Waals surface area contributed by atoms with Crippen molar-refractivity contribution in [2.75, 3.05) is 6.61 Å². The van der Waals surface area contributed by atoms with Gasteiger partial charge in [-0.05, 0) is 57.3 Å². The van der Waals surface area contributed by atoms with Gasteiger partial charge in [-0.1, -0.05) is 13.8 Å². The summed E-state index contributed by atoms with van der Waals surface area (Å²) in [5, 5.41) is 0. The van der Waals surface area contributed by atoms with Crippen molar-refractivity contribution in [2.24, 2.45) is 17.8 Å². The van der Waals surface area contributed by atoms with Crippen molar-refractivity contribution < 1.29 is 13.5 Å². The van der Waals surface area contributed by atoms with Gasteiger partial charge >= 0.3 is 0 Å². The second-order valence-electron chi connectivity index (χ2n) is 6.65. The number of rotatable bonds is 6. The second kappa shape index (κ2) is 6.83. The Balaban J connectivity index is 2.33. The maximum absolute atomic E-state index is 12.2. The zero-order valence-corrected chi connectivity index (χ0v) is 12.2. The van der Waals surface area contributed by atoms with Gasteiger partial charge in [0.15, 0.2) is 0 Å². The van der Waals surface area contributed by atoms with Gasteiger partial charge in [-0.3, -0.25) is 0 Å². The summed E-state index contributed by atoms with van der Waals surface area (Å²) in [5.74, 6) is 1.70. The molecule has 0 bridgehead atoms. The topological polar surface area (TPSA) is 9.23 Å².